The van der Waals surface area contributed by atoms with Crippen LogP contribution in [0.5, 0.6) is 11.5 Å². The van der Waals surface area contributed by atoms with Gasteiger partial charge in [0.1, 0.15) is 17.1 Å². The normalized spacial score (nSPS) is 21.1. The van der Waals surface area contributed by atoms with Crippen molar-refractivity contribution < 1.29 is 23.8 Å². The molecule has 2 bridgehead atoms. The molecule has 3 aliphatic rings. The van der Waals surface area contributed by atoms with E-state index in [1.54, 1.807) is 19.2 Å². The molecular weight excluding hydrogens is 488 g/mol. The second-order valence-electron chi connectivity index (χ2n) is 9.25. The lowest BCUT2D eigenvalue weighted by Gasteiger charge is -2.52. The van der Waals surface area contributed by atoms with Gasteiger partial charge in [-0.15, -0.1) is 0 Å². The van der Waals surface area contributed by atoms with Crippen LogP contribution in [-0.2, 0) is 19.9 Å². The van der Waals surface area contributed by atoms with E-state index < -0.39 is 17.5 Å². The number of carbonyl (C=O) groups excluding carboxylic acids is 2. The van der Waals surface area contributed by atoms with Crippen LogP contribution < -0.4 is 9.47 Å². The largest absolute Gasteiger partial charge is 0.426 e. The fourth-order valence-corrected chi connectivity index (χ4v) is 6.20. The van der Waals surface area contributed by atoms with Gasteiger partial charge < -0.3 is 14.2 Å². The highest BCUT2D eigenvalue weighted by Gasteiger charge is 2.58. The Balaban J connectivity index is 1.43. The monoisotopic (exact) mass is 510 g/mol. The van der Waals surface area contributed by atoms with Crippen molar-refractivity contribution in [3.8, 4) is 11.5 Å². The summed E-state index contributed by atoms with van der Waals surface area (Å²) in [5.74, 6) is -0.781. The van der Waals surface area contributed by atoms with Gasteiger partial charge in [0, 0.05) is 34.9 Å². The summed E-state index contributed by atoms with van der Waals surface area (Å²) in [6.45, 7) is 3.45. The van der Waals surface area contributed by atoms with Crippen molar-refractivity contribution in [2.75, 3.05) is 7.11 Å². The molecule has 0 amide bonds. The summed E-state index contributed by atoms with van der Waals surface area (Å²) in [7, 11) is 1.64. The molecule has 6 heteroatoms. The number of esters is 2. The van der Waals surface area contributed by atoms with Crippen LogP contribution in [0, 0.1) is 5.92 Å². The molecule has 3 unspecified atom stereocenters. The predicted molar refractivity (Wildman–Crippen MR) is 141 cm³/mol. The van der Waals surface area contributed by atoms with Gasteiger partial charge in [-0.05, 0) is 52.9 Å². The van der Waals surface area contributed by atoms with Gasteiger partial charge in [0.15, 0.2) is 0 Å². The summed E-state index contributed by atoms with van der Waals surface area (Å²) < 4.78 is 17.7. The van der Waals surface area contributed by atoms with Crippen molar-refractivity contribution in [2.24, 2.45) is 5.92 Å². The van der Waals surface area contributed by atoms with Crippen LogP contribution in [-0.4, -0.2) is 19.0 Å². The Morgan fingerprint density at radius 1 is 0.892 bits per heavy atom. The summed E-state index contributed by atoms with van der Waals surface area (Å²) in [4.78, 5) is 25.7. The lowest BCUT2D eigenvalue weighted by Crippen LogP contribution is -2.52. The molecule has 0 saturated carbocycles. The van der Waals surface area contributed by atoms with E-state index in [1.165, 1.54) is 0 Å². The van der Waals surface area contributed by atoms with Crippen molar-refractivity contribution in [1.82, 2.24) is 0 Å². The number of hydrogen-bond donors (Lipinski definition) is 0. The molecule has 0 spiro atoms. The van der Waals surface area contributed by atoms with Crippen LogP contribution in [0.4, 0.5) is 0 Å². The quantitative estimate of drug-likeness (QED) is 0.173. The lowest BCUT2D eigenvalue weighted by atomic mass is 9.56. The minimum atomic E-state index is -1.00. The molecular formula is C31H23ClO5. The van der Waals surface area contributed by atoms with Gasteiger partial charge in [-0.25, -0.2) is 4.79 Å². The van der Waals surface area contributed by atoms with E-state index in [-0.39, 0.29) is 11.9 Å². The van der Waals surface area contributed by atoms with Gasteiger partial charge in [0.2, 0.25) is 0 Å². The Morgan fingerprint density at radius 3 is 2.24 bits per heavy atom. The zero-order valence-electron chi connectivity index (χ0n) is 20.1. The Kier molecular flexibility index (Phi) is 5.63. The van der Waals surface area contributed by atoms with Crippen molar-refractivity contribution >= 4 is 34.3 Å². The van der Waals surface area contributed by atoms with E-state index >= 15 is 0 Å². The average Bonchev–Trinajstić information content (AvgIpc) is 2.93. The van der Waals surface area contributed by atoms with Crippen molar-refractivity contribution in [1.29, 1.82) is 0 Å². The minimum absolute atomic E-state index is 0.00286. The standard InChI is InChI=1S/C31H23ClO5/c1-3-29(33)36-27-14-15-28(21-10-5-4-9-20(21)27)37-30(34)26-17-22-19-8-6-7-11-24(19)31(26,35-2)25-13-12-18(32)16-23(22)25/h3-16,22,26H,1,17H2,2H3. The molecule has 0 aromatic heterocycles. The first kappa shape index (κ1) is 23.5. The smallest absolute Gasteiger partial charge is 0.335 e. The molecule has 0 fully saturated rings. The Morgan fingerprint density at radius 2 is 1.54 bits per heavy atom. The van der Waals surface area contributed by atoms with Crippen molar-refractivity contribution in [3.63, 3.8) is 0 Å². The van der Waals surface area contributed by atoms with Crippen LogP contribution in [0.15, 0.2) is 91.5 Å². The van der Waals surface area contributed by atoms with Gasteiger partial charge >= 0.3 is 11.9 Å². The van der Waals surface area contributed by atoms with Crippen LogP contribution in [0.25, 0.3) is 10.8 Å². The summed E-state index contributed by atoms with van der Waals surface area (Å²) in [6.07, 6.45) is 1.64. The molecule has 4 aromatic rings. The Hall–Kier alpha value is -3.93. The van der Waals surface area contributed by atoms with Crippen LogP contribution in [0.3, 0.4) is 0 Å². The number of benzene rings is 4. The van der Waals surface area contributed by atoms with E-state index in [2.05, 4.69) is 12.6 Å². The summed E-state index contributed by atoms with van der Waals surface area (Å²) >= 11 is 6.38. The van der Waals surface area contributed by atoms with Gasteiger partial charge in [0.05, 0.1) is 5.92 Å². The SMILES string of the molecule is C=CC(=O)Oc1ccc(OC(=O)C2CC3c4ccccc4C2(OC)c2ccc(Cl)cc23)c2ccccc12. The van der Waals surface area contributed by atoms with Crippen molar-refractivity contribution in [3.05, 3.63) is 119 Å². The van der Waals surface area contributed by atoms with Gasteiger partial charge in [-0.3, -0.25) is 4.79 Å². The number of rotatable bonds is 5. The van der Waals surface area contributed by atoms with E-state index in [1.807, 2.05) is 60.7 Å². The van der Waals surface area contributed by atoms with Gasteiger partial charge in [0.25, 0.3) is 0 Å². The van der Waals surface area contributed by atoms with Crippen LogP contribution in [0.1, 0.15) is 34.6 Å². The number of methoxy groups -OCH3 is 1. The van der Waals surface area contributed by atoms with Crippen LogP contribution in [0.2, 0.25) is 5.02 Å². The van der Waals surface area contributed by atoms with Gasteiger partial charge in [-0.1, -0.05) is 72.8 Å². The molecule has 7 rings (SSSR count). The number of fused-ring (bicyclic) bond motifs is 2. The first-order chi connectivity index (χ1) is 18.0. The Bertz CT molecular complexity index is 1590. The van der Waals surface area contributed by atoms with Crippen LogP contribution >= 0.6 is 11.6 Å². The van der Waals surface area contributed by atoms with E-state index in [9.17, 15) is 9.59 Å². The third kappa shape index (κ3) is 3.50. The Labute approximate surface area is 219 Å². The molecule has 0 radical (unpaired) electrons. The number of ether oxygens (including phenoxy) is 3. The first-order valence-electron chi connectivity index (χ1n) is 12.0. The molecule has 0 heterocycles. The molecule has 184 valence electrons. The fourth-order valence-electron chi connectivity index (χ4n) is 6.02. The van der Waals surface area contributed by atoms with E-state index in [0.717, 1.165) is 28.3 Å². The number of halogens is 1. The third-order valence-corrected chi connectivity index (χ3v) is 7.76. The molecule has 0 saturated heterocycles. The second-order valence-corrected chi connectivity index (χ2v) is 9.69. The molecule has 0 aliphatic heterocycles. The number of carbonyl (C=O) groups is 2. The summed E-state index contributed by atoms with van der Waals surface area (Å²) in [5, 5.41) is 1.96. The highest BCUT2D eigenvalue weighted by molar-refractivity contribution is 6.30. The fraction of sp³-hybridized carbons (Fsp3) is 0.161. The predicted octanol–water partition coefficient (Wildman–Crippen LogP) is 6.55. The molecule has 4 aromatic carbocycles. The maximum absolute atomic E-state index is 13.9. The topological polar surface area (TPSA) is 61.8 Å². The van der Waals surface area contributed by atoms with Crippen molar-refractivity contribution in [2.45, 2.75) is 17.9 Å². The second kappa shape index (κ2) is 8.87. The maximum atomic E-state index is 13.9. The lowest BCUT2D eigenvalue weighted by molar-refractivity contribution is -0.152. The van der Waals surface area contributed by atoms with Gasteiger partial charge in [-0.2, -0.15) is 0 Å². The summed E-state index contributed by atoms with van der Waals surface area (Å²) in [5.41, 5.74) is 3.13. The number of hydrogen-bond acceptors (Lipinski definition) is 5. The molecule has 0 N–H and O–H groups in total. The average molecular weight is 511 g/mol. The summed E-state index contributed by atoms with van der Waals surface area (Å²) in [6, 6.07) is 24.5. The maximum Gasteiger partial charge on any atom is 0.335 e. The first-order valence-corrected chi connectivity index (χ1v) is 12.4. The van der Waals surface area contributed by atoms with E-state index in [0.29, 0.717) is 33.7 Å². The minimum Gasteiger partial charge on any atom is -0.426 e. The molecule has 3 atom stereocenters. The highest BCUT2D eigenvalue weighted by Crippen LogP contribution is 2.60. The third-order valence-electron chi connectivity index (χ3n) is 7.53. The molecule has 37 heavy (non-hydrogen) atoms. The highest BCUT2D eigenvalue weighted by atomic mass is 35.5. The molecule has 5 nitrogen and oxygen atoms in total. The zero-order valence-corrected chi connectivity index (χ0v) is 20.8. The van der Waals surface area contributed by atoms with E-state index in [4.69, 9.17) is 25.8 Å². The molecule has 3 aliphatic carbocycles. The zero-order chi connectivity index (χ0) is 25.7.